The molecule has 5 heteroatoms. The van der Waals surface area contributed by atoms with Crippen molar-refractivity contribution in [3.8, 4) is 0 Å². The number of hydrogen-bond acceptors (Lipinski definition) is 3. The molecule has 0 spiro atoms. The quantitative estimate of drug-likeness (QED) is 0.104. The van der Waals surface area contributed by atoms with Gasteiger partial charge < -0.3 is 9.69 Å². The van der Waals surface area contributed by atoms with Crippen molar-refractivity contribution in [2.75, 3.05) is 37.7 Å². The van der Waals surface area contributed by atoms with Crippen LogP contribution in [0.25, 0.3) is 0 Å². The number of rotatable bonds is 18. The Bertz CT molecular complexity index is 337. The maximum Gasteiger partial charge on any atom is 0.152 e. The Hall–Kier alpha value is -0.290. The molecule has 0 aromatic rings. The van der Waals surface area contributed by atoms with Crippen LogP contribution in [0.5, 0.6) is 0 Å². The van der Waals surface area contributed by atoms with Crippen molar-refractivity contribution in [3.05, 3.63) is 4.91 Å². The molecular weight excluding hydrogens is 380 g/mol. The zero-order valence-electron chi connectivity index (χ0n) is 19.7. The van der Waals surface area contributed by atoms with Crippen molar-refractivity contribution in [1.82, 2.24) is 0 Å². The van der Waals surface area contributed by atoms with Gasteiger partial charge in [0.1, 0.15) is 0 Å². The van der Waals surface area contributed by atoms with E-state index in [1.807, 2.05) is 0 Å². The van der Waals surface area contributed by atoms with Gasteiger partial charge in [-0.1, -0.05) is 96.8 Å². The normalized spacial score (nSPS) is 15.5. The summed E-state index contributed by atoms with van der Waals surface area (Å²) in [5, 5.41) is 7.89. The van der Waals surface area contributed by atoms with E-state index in [1.165, 1.54) is 150 Å². The van der Waals surface area contributed by atoms with Gasteiger partial charge in [-0.2, -0.15) is 11.8 Å². The van der Waals surface area contributed by atoms with Crippen LogP contribution in [0.1, 0.15) is 117 Å². The Labute approximate surface area is 186 Å². The highest BCUT2D eigenvalue weighted by Crippen LogP contribution is 2.20. The molecule has 0 atom stereocenters. The minimum atomic E-state index is 1.25. The zero-order chi connectivity index (χ0) is 21.5. The predicted molar refractivity (Wildman–Crippen MR) is 130 cm³/mol. The highest BCUT2D eigenvalue weighted by atomic mass is 32.2. The molecule has 1 rings (SSSR count). The molecule has 1 saturated heterocycles. The summed E-state index contributed by atoms with van der Waals surface area (Å²) in [5.41, 5.74) is 0. The first kappa shape index (κ1) is 28.7. The molecule has 1 aliphatic rings. The summed E-state index contributed by atoms with van der Waals surface area (Å²) in [5.74, 6) is 2.79. The Morgan fingerprint density at radius 1 is 0.690 bits per heavy atom. The maximum atomic E-state index is 8.11. The van der Waals surface area contributed by atoms with Crippen LogP contribution < -0.4 is 0 Å². The first-order chi connectivity index (χ1) is 14.2. The van der Waals surface area contributed by atoms with Gasteiger partial charge >= 0.3 is 0 Å². The lowest BCUT2D eigenvalue weighted by Gasteiger charge is -2.40. The first-order valence-corrected chi connectivity index (χ1v) is 13.8. The van der Waals surface area contributed by atoms with E-state index in [0.29, 0.717) is 0 Å². The standard InChI is InChI=1S/C24H50NS.HNO2/c1-3-5-6-7-8-9-10-11-12-13-14-15-16-17-18-19-20-25(4-2)21-23-26-24-22-25;2-1-3/h3-24H2,1-2H3;(H,2,3)/q+1;. The van der Waals surface area contributed by atoms with Crippen molar-refractivity contribution in [2.24, 2.45) is 5.34 Å². The van der Waals surface area contributed by atoms with Gasteiger partial charge in [-0.25, -0.2) is 0 Å². The second-order valence-corrected chi connectivity index (χ2v) is 10.1. The van der Waals surface area contributed by atoms with Crippen molar-refractivity contribution >= 4 is 11.8 Å². The molecule has 1 N–H and O–H groups in total. The van der Waals surface area contributed by atoms with Crippen LogP contribution in [0.4, 0.5) is 0 Å². The number of nitrogens with zero attached hydrogens (tertiary/aromatic N) is 2. The van der Waals surface area contributed by atoms with Crippen LogP contribution in [0.2, 0.25) is 0 Å². The molecule has 1 fully saturated rings. The molecule has 0 radical (unpaired) electrons. The summed E-state index contributed by atoms with van der Waals surface area (Å²) < 4.78 is 1.42. The second-order valence-electron chi connectivity index (χ2n) is 8.83. The lowest BCUT2D eigenvalue weighted by atomic mass is 10.0. The highest BCUT2D eigenvalue weighted by Gasteiger charge is 2.27. The minimum absolute atomic E-state index is 1.25. The lowest BCUT2D eigenvalue weighted by Crippen LogP contribution is -2.53. The van der Waals surface area contributed by atoms with Gasteiger partial charge in [0.05, 0.1) is 26.2 Å². The molecule has 29 heavy (non-hydrogen) atoms. The summed E-state index contributed by atoms with van der Waals surface area (Å²) in [6, 6.07) is 0. The summed E-state index contributed by atoms with van der Waals surface area (Å²) in [4.78, 5) is 8.11. The lowest BCUT2D eigenvalue weighted by molar-refractivity contribution is -0.923. The van der Waals surface area contributed by atoms with Gasteiger partial charge in [-0.05, 0) is 19.8 Å². The molecule has 0 aromatic carbocycles. The molecule has 0 unspecified atom stereocenters. The van der Waals surface area contributed by atoms with Gasteiger partial charge in [-0.3, -0.25) is 0 Å². The van der Waals surface area contributed by atoms with Gasteiger partial charge in [-0.15, -0.1) is 4.91 Å². The van der Waals surface area contributed by atoms with E-state index in [1.54, 1.807) is 0 Å². The molecule has 0 amide bonds. The summed E-state index contributed by atoms with van der Waals surface area (Å²) in [6.07, 6.45) is 23.6. The second kappa shape index (κ2) is 22.4. The minimum Gasteiger partial charge on any atom is -0.379 e. The Morgan fingerprint density at radius 2 is 1.03 bits per heavy atom. The number of unbranched alkanes of at least 4 members (excludes halogenated alkanes) is 15. The smallest absolute Gasteiger partial charge is 0.152 e. The fourth-order valence-electron chi connectivity index (χ4n) is 4.42. The fourth-order valence-corrected chi connectivity index (χ4v) is 5.66. The van der Waals surface area contributed by atoms with E-state index in [4.69, 9.17) is 10.1 Å². The third-order valence-electron chi connectivity index (χ3n) is 6.58. The van der Waals surface area contributed by atoms with Gasteiger partial charge in [0, 0.05) is 11.5 Å². The topological polar surface area (TPSA) is 49.7 Å². The SMILES string of the molecule is CCCCCCCCCCCCCCCCCC[N+]1(CC)CCSCC1.O=NO. The Kier molecular flexibility index (Phi) is 22.2. The largest absolute Gasteiger partial charge is 0.379 e. The van der Waals surface area contributed by atoms with Crippen LogP contribution >= 0.6 is 11.8 Å². The Balaban J connectivity index is 0.00000245. The molecule has 1 aliphatic heterocycles. The van der Waals surface area contributed by atoms with E-state index in [0.717, 1.165) is 0 Å². The average Bonchev–Trinajstić information content (AvgIpc) is 2.74. The third kappa shape index (κ3) is 18.2. The summed E-state index contributed by atoms with van der Waals surface area (Å²) in [7, 11) is 0. The number of quaternary nitrogens is 1. The zero-order valence-corrected chi connectivity index (χ0v) is 20.5. The molecular formula is C24H51N2O2S+. The summed E-state index contributed by atoms with van der Waals surface area (Å²) in [6.45, 7) is 10.4. The average molecular weight is 432 g/mol. The van der Waals surface area contributed by atoms with Crippen LogP contribution in [-0.4, -0.2) is 47.4 Å². The molecule has 0 saturated carbocycles. The fraction of sp³-hybridized carbons (Fsp3) is 1.00. The molecule has 174 valence electrons. The van der Waals surface area contributed by atoms with E-state index < -0.39 is 0 Å². The summed E-state index contributed by atoms with van der Waals surface area (Å²) >= 11 is 2.16. The van der Waals surface area contributed by atoms with Crippen molar-refractivity contribution in [1.29, 1.82) is 0 Å². The van der Waals surface area contributed by atoms with Crippen molar-refractivity contribution in [2.45, 2.75) is 117 Å². The van der Waals surface area contributed by atoms with Crippen LogP contribution in [-0.2, 0) is 0 Å². The molecule has 4 nitrogen and oxygen atoms in total. The molecule has 0 aromatic heterocycles. The third-order valence-corrected chi connectivity index (χ3v) is 7.52. The van der Waals surface area contributed by atoms with Crippen LogP contribution in [0.15, 0.2) is 5.34 Å². The molecule has 0 bridgehead atoms. The van der Waals surface area contributed by atoms with Gasteiger partial charge in [0.25, 0.3) is 0 Å². The van der Waals surface area contributed by atoms with E-state index in [9.17, 15) is 0 Å². The van der Waals surface area contributed by atoms with E-state index in [2.05, 4.69) is 25.6 Å². The van der Waals surface area contributed by atoms with Gasteiger partial charge in [0.2, 0.25) is 0 Å². The highest BCUT2D eigenvalue weighted by molar-refractivity contribution is 7.99. The van der Waals surface area contributed by atoms with Crippen molar-refractivity contribution in [3.63, 3.8) is 0 Å². The number of hydrogen-bond donors (Lipinski definition) is 1. The van der Waals surface area contributed by atoms with Gasteiger partial charge in [0.15, 0.2) is 5.34 Å². The molecule has 1 heterocycles. The monoisotopic (exact) mass is 431 g/mol. The first-order valence-electron chi connectivity index (χ1n) is 12.6. The van der Waals surface area contributed by atoms with E-state index in [-0.39, 0.29) is 0 Å². The van der Waals surface area contributed by atoms with Crippen LogP contribution in [0, 0.1) is 4.91 Å². The maximum absolute atomic E-state index is 8.11. The predicted octanol–water partition coefficient (Wildman–Crippen LogP) is 7.97. The number of thioether (sulfide) groups is 1. The van der Waals surface area contributed by atoms with Crippen LogP contribution in [0.3, 0.4) is 0 Å². The van der Waals surface area contributed by atoms with E-state index >= 15 is 0 Å². The molecule has 0 aliphatic carbocycles. The van der Waals surface area contributed by atoms with Crippen molar-refractivity contribution < 1.29 is 9.69 Å². The Morgan fingerprint density at radius 3 is 1.38 bits per heavy atom.